The second-order valence-electron chi connectivity index (χ2n) is 2.83. The van der Waals surface area contributed by atoms with Gasteiger partial charge in [0, 0.05) is 19.8 Å². The number of guanidine groups is 1. The second-order valence-corrected chi connectivity index (χ2v) is 3.22. The summed E-state index contributed by atoms with van der Waals surface area (Å²) < 4.78 is 0. The molecule has 1 rings (SSSR count). The number of aromatic nitrogens is 1. The van der Waals surface area contributed by atoms with Gasteiger partial charge in [0.05, 0.1) is 0 Å². The van der Waals surface area contributed by atoms with Crippen molar-refractivity contribution in [3.63, 3.8) is 0 Å². The van der Waals surface area contributed by atoms with E-state index < -0.39 is 0 Å². The minimum absolute atomic E-state index is 0.278. The molecule has 14 heavy (non-hydrogen) atoms. The molecule has 76 valence electrons. The smallest absolute Gasteiger partial charge is 0.213 e. The molecule has 0 saturated carbocycles. The van der Waals surface area contributed by atoms with Gasteiger partial charge in [0.1, 0.15) is 5.15 Å². The van der Waals surface area contributed by atoms with Gasteiger partial charge in [-0.1, -0.05) is 17.7 Å². The van der Waals surface area contributed by atoms with Gasteiger partial charge in [0.2, 0.25) is 5.96 Å². The molecule has 0 aromatic carbocycles. The zero-order valence-electron chi connectivity index (χ0n) is 7.81. The summed E-state index contributed by atoms with van der Waals surface area (Å²) in [4.78, 5) is 5.66. The molecule has 0 atom stereocenters. The molecule has 0 unspecified atom stereocenters. The summed E-state index contributed by atoms with van der Waals surface area (Å²) in [5, 5.41) is 3.85. The number of hydrazone groups is 1. The lowest BCUT2D eigenvalue weighted by atomic mass is 10.3. The Bertz CT molecular complexity index is 321. The van der Waals surface area contributed by atoms with Crippen LogP contribution in [0.15, 0.2) is 23.4 Å². The molecule has 5 nitrogen and oxygen atoms in total. The van der Waals surface area contributed by atoms with Crippen LogP contribution < -0.4 is 11.6 Å². The van der Waals surface area contributed by atoms with E-state index in [1.165, 1.54) is 0 Å². The van der Waals surface area contributed by atoms with E-state index in [-0.39, 0.29) is 5.96 Å². The Morgan fingerprint density at radius 2 is 2.36 bits per heavy atom. The van der Waals surface area contributed by atoms with Crippen molar-refractivity contribution in [2.24, 2.45) is 16.7 Å². The van der Waals surface area contributed by atoms with Crippen LogP contribution >= 0.6 is 11.6 Å². The van der Waals surface area contributed by atoms with Crippen LogP contribution in [0.25, 0.3) is 0 Å². The Hall–Kier alpha value is -1.49. The molecule has 0 aliphatic rings. The van der Waals surface area contributed by atoms with Gasteiger partial charge in [0.25, 0.3) is 0 Å². The standard InChI is InChI=1S/C8H12ClN5/c1-14(8(10)13-11)5-6-2-3-7(9)12-4-6/h2-4H,5,11H2,1H3,(H2,10,13). The summed E-state index contributed by atoms with van der Waals surface area (Å²) >= 11 is 5.64. The van der Waals surface area contributed by atoms with E-state index in [0.29, 0.717) is 11.7 Å². The number of hydrogen-bond acceptors (Lipinski definition) is 3. The predicted molar refractivity (Wildman–Crippen MR) is 56.5 cm³/mol. The SMILES string of the molecule is CN(Cc1ccc(Cl)nc1)/C(N)=N/N. The van der Waals surface area contributed by atoms with E-state index in [0.717, 1.165) is 5.56 Å². The number of nitrogens with zero attached hydrogens (tertiary/aromatic N) is 3. The third kappa shape index (κ3) is 2.77. The number of hydrogen-bond donors (Lipinski definition) is 2. The fourth-order valence-electron chi connectivity index (χ4n) is 0.953. The molecular weight excluding hydrogens is 202 g/mol. The van der Waals surface area contributed by atoms with Crippen LogP contribution in [0.3, 0.4) is 0 Å². The molecule has 0 aliphatic carbocycles. The Morgan fingerprint density at radius 1 is 1.64 bits per heavy atom. The maximum atomic E-state index is 5.64. The fourth-order valence-corrected chi connectivity index (χ4v) is 1.07. The third-order valence-electron chi connectivity index (χ3n) is 1.73. The van der Waals surface area contributed by atoms with Crippen molar-refractivity contribution in [2.45, 2.75) is 6.54 Å². The van der Waals surface area contributed by atoms with Crippen LogP contribution in [0.1, 0.15) is 5.56 Å². The summed E-state index contributed by atoms with van der Waals surface area (Å²) in [6.07, 6.45) is 1.68. The highest BCUT2D eigenvalue weighted by Crippen LogP contribution is 2.06. The summed E-state index contributed by atoms with van der Waals surface area (Å²) in [5.41, 5.74) is 6.49. The molecule has 1 heterocycles. The van der Waals surface area contributed by atoms with Crippen LogP contribution in [0.5, 0.6) is 0 Å². The largest absolute Gasteiger partial charge is 0.368 e. The molecule has 0 bridgehead atoms. The minimum Gasteiger partial charge on any atom is -0.368 e. The van der Waals surface area contributed by atoms with Crippen LogP contribution in [0.2, 0.25) is 5.15 Å². The van der Waals surface area contributed by atoms with Crippen molar-refractivity contribution in [1.29, 1.82) is 0 Å². The molecule has 1 aromatic heterocycles. The van der Waals surface area contributed by atoms with Crippen LogP contribution in [-0.2, 0) is 6.54 Å². The lowest BCUT2D eigenvalue weighted by Gasteiger charge is -2.16. The van der Waals surface area contributed by atoms with Gasteiger partial charge in [0.15, 0.2) is 0 Å². The first kappa shape index (κ1) is 10.6. The second kappa shape index (κ2) is 4.66. The van der Waals surface area contributed by atoms with E-state index in [9.17, 15) is 0 Å². The van der Waals surface area contributed by atoms with Gasteiger partial charge in [-0.2, -0.15) is 0 Å². The topological polar surface area (TPSA) is 80.5 Å². The van der Waals surface area contributed by atoms with E-state index in [1.54, 1.807) is 24.2 Å². The van der Waals surface area contributed by atoms with Crippen molar-refractivity contribution in [1.82, 2.24) is 9.88 Å². The highest BCUT2D eigenvalue weighted by molar-refractivity contribution is 6.29. The van der Waals surface area contributed by atoms with Crippen LogP contribution in [0.4, 0.5) is 0 Å². The Morgan fingerprint density at radius 3 is 2.86 bits per heavy atom. The number of rotatable bonds is 2. The van der Waals surface area contributed by atoms with E-state index in [1.807, 2.05) is 6.07 Å². The van der Waals surface area contributed by atoms with E-state index >= 15 is 0 Å². The van der Waals surface area contributed by atoms with E-state index in [2.05, 4.69) is 10.1 Å². The summed E-state index contributed by atoms with van der Waals surface area (Å²) in [7, 11) is 1.79. The molecule has 1 aromatic rings. The summed E-state index contributed by atoms with van der Waals surface area (Å²) in [6.45, 7) is 0.594. The number of nitrogens with two attached hydrogens (primary N) is 2. The average Bonchev–Trinajstić information content (AvgIpc) is 2.20. The minimum atomic E-state index is 0.278. The first-order valence-corrected chi connectivity index (χ1v) is 4.36. The molecule has 0 amide bonds. The predicted octanol–water partition coefficient (Wildman–Crippen LogP) is 0.355. The highest BCUT2D eigenvalue weighted by atomic mass is 35.5. The van der Waals surface area contributed by atoms with Gasteiger partial charge in [-0.05, 0) is 11.6 Å². The zero-order chi connectivity index (χ0) is 10.6. The first-order valence-electron chi connectivity index (χ1n) is 3.98. The van der Waals surface area contributed by atoms with Gasteiger partial charge in [-0.3, -0.25) is 0 Å². The Kier molecular flexibility index (Phi) is 3.53. The van der Waals surface area contributed by atoms with Crippen molar-refractivity contribution in [2.75, 3.05) is 7.05 Å². The molecule has 6 heteroatoms. The van der Waals surface area contributed by atoms with Crippen molar-refractivity contribution in [3.05, 3.63) is 29.0 Å². The highest BCUT2D eigenvalue weighted by Gasteiger charge is 2.02. The Balaban J connectivity index is 2.65. The molecule has 0 spiro atoms. The van der Waals surface area contributed by atoms with Gasteiger partial charge >= 0.3 is 0 Å². The zero-order valence-corrected chi connectivity index (χ0v) is 8.57. The monoisotopic (exact) mass is 213 g/mol. The van der Waals surface area contributed by atoms with Gasteiger partial charge in [-0.25, -0.2) is 4.98 Å². The first-order chi connectivity index (χ1) is 6.63. The quantitative estimate of drug-likeness (QED) is 0.244. The third-order valence-corrected chi connectivity index (χ3v) is 1.96. The van der Waals surface area contributed by atoms with E-state index in [4.69, 9.17) is 23.2 Å². The summed E-state index contributed by atoms with van der Waals surface area (Å²) in [5.74, 6) is 5.31. The average molecular weight is 214 g/mol. The molecular formula is C8H12ClN5. The molecule has 4 N–H and O–H groups in total. The molecule has 0 fully saturated rings. The van der Waals surface area contributed by atoms with Gasteiger partial charge in [-0.15, -0.1) is 5.10 Å². The van der Waals surface area contributed by atoms with Gasteiger partial charge < -0.3 is 16.5 Å². The maximum Gasteiger partial charge on any atom is 0.213 e. The molecule has 0 saturated heterocycles. The normalized spacial score (nSPS) is 11.4. The van der Waals surface area contributed by atoms with Crippen molar-refractivity contribution >= 4 is 17.6 Å². The fraction of sp³-hybridized carbons (Fsp3) is 0.250. The lowest BCUT2D eigenvalue weighted by Crippen LogP contribution is -2.34. The van der Waals surface area contributed by atoms with Crippen molar-refractivity contribution in [3.8, 4) is 0 Å². The lowest BCUT2D eigenvalue weighted by molar-refractivity contribution is 0.492. The Labute approximate surface area is 87.4 Å². The number of pyridine rings is 1. The van der Waals surface area contributed by atoms with Crippen LogP contribution in [0, 0.1) is 0 Å². The maximum absolute atomic E-state index is 5.64. The van der Waals surface area contributed by atoms with Crippen LogP contribution in [-0.4, -0.2) is 22.9 Å². The number of halogens is 1. The molecule has 0 aliphatic heterocycles. The summed E-state index contributed by atoms with van der Waals surface area (Å²) in [6, 6.07) is 3.59. The van der Waals surface area contributed by atoms with Crippen molar-refractivity contribution < 1.29 is 0 Å². The molecule has 0 radical (unpaired) electrons.